The number of carbonyl (C=O) groups excluding carboxylic acids is 1. The minimum Gasteiger partial charge on any atom is -0.493 e. The summed E-state index contributed by atoms with van der Waals surface area (Å²) in [5, 5.41) is 0. The topological polar surface area (TPSA) is 57.7 Å². The van der Waals surface area contributed by atoms with Crippen molar-refractivity contribution in [3.63, 3.8) is 0 Å². The molecule has 0 N–H and O–H groups in total. The van der Waals surface area contributed by atoms with Gasteiger partial charge in [0.05, 0.1) is 19.9 Å². The van der Waals surface area contributed by atoms with Crippen LogP contribution >= 0.6 is 0 Å². The van der Waals surface area contributed by atoms with Gasteiger partial charge in [-0.05, 0) is 24.3 Å². The van der Waals surface area contributed by atoms with Gasteiger partial charge in [0.2, 0.25) is 5.75 Å². The summed E-state index contributed by atoms with van der Waals surface area (Å²) in [6.07, 6.45) is 2.43. The van der Waals surface area contributed by atoms with Gasteiger partial charge in [0.1, 0.15) is 12.9 Å². The fourth-order valence-corrected chi connectivity index (χ4v) is 1.74. The number of hydrogen-bond acceptors (Lipinski definition) is 5. The maximum Gasteiger partial charge on any atom is 0.203 e. The molecule has 0 aliphatic carbocycles. The average molecular weight is 273 g/mol. The van der Waals surface area contributed by atoms with Crippen LogP contribution in [0, 0.1) is 0 Å². The number of benzene rings is 1. The molecule has 0 spiro atoms. The van der Waals surface area contributed by atoms with Gasteiger partial charge in [-0.25, -0.2) is 0 Å². The van der Waals surface area contributed by atoms with Crippen LogP contribution in [0.25, 0.3) is 0 Å². The first-order valence-corrected chi connectivity index (χ1v) is 6.02. The van der Waals surface area contributed by atoms with Gasteiger partial charge < -0.3 is 14.2 Å². The molecule has 2 aromatic rings. The Morgan fingerprint density at radius 3 is 2.35 bits per heavy atom. The number of pyridine rings is 1. The monoisotopic (exact) mass is 273 g/mol. The molecule has 2 rings (SSSR count). The van der Waals surface area contributed by atoms with Crippen molar-refractivity contribution >= 4 is 6.29 Å². The Labute approximate surface area is 117 Å². The van der Waals surface area contributed by atoms with Crippen molar-refractivity contribution in [2.24, 2.45) is 0 Å². The molecule has 0 radical (unpaired) electrons. The molecule has 5 nitrogen and oxygen atoms in total. The lowest BCUT2D eigenvalue weighted by Crippen LogP contribution is -2.02. The predicted octanol–water partition coefficient (Wildman–Crippen LogP) is 2.49. The number of carbonyl (C=O) groups is 1. The van der Waals surface area contributed by atoms with Crippen molar-refractivity contribution in [3.8, 4) is 17.2 Å². The molecule has 1 aromatic carbocycles. The smallest absolute Gasteiger partial charge is 0.203 e. The van der Waals surface area contributed by atoms with Crippen LogP contribution in [-0.4, -0.2) is 25.5 Å². The molecular formula is C15H15NO4. The van der Waals surface area contributed by atoms with Gasteiger partial charge in [-0.2, -0.15) is 0 Å². The van der Waals surface area contributed by atoms with Crippen molar-refractivity contribution < 1.29 is 19.0 Å². The van der Waals surface area contributed by atoms with Gasteiger partial charge in [0, 0.05) is 11.8 Å². The van der Waals surface area contributed by atoms with E-state index < -0.39 is 0 Å². The van der Waals surface area contributed by atoms with E-state index in [9.17, 15) is 4.79 Å². The van der Waals surface area contributed by atoms with Crippen molar-refractivity contribution in [1.82, 2.24) is 4.98 Å². The van der Waals surface area contributed by atoms with E-state index in [1.165, 1.54) is 14.2 Å². The van der Waals surface area contributed by atoms with E-state index >= 15 is 0 Å². The highest BCUT2D eigenvalue weighted by molar-refractivity contribution is 5.78. The van der Waals surface area contributed by atoms with E-state index in [1.807, 2.05) is 18.2 Å². The first kappa shape index (κ1) is 13.9. The van der Waals surface area contributed by atoms with Crippen LogP contribution in [0.2, 0.25) is 0 Å². The summed E-state index contributed by atoms with van der Waals surface area (Å²) < 4.78 is 16.2. The first-order chi connectivity index (χ1) is 9.78. The largest absolute Gasteiger partial charge is 0.493 e. The third-order valence-electron chi connectivity index (χ3n) is 2.71. The van der Waals surface area contributed by atoms with E-state index in [-0.39, 0.29) is 6.61 Å². The second-order valence-electron chi connectivity index (χ2n) is 3.98. The third kappa shape index (κ3) is 3.06. The lowest BCUT2D eigenvalue weighted by molar-refractivity contribution is 0.112. The predicted molar refractivity (Wildman–Crippen MR) is 73.5 cm³/mol. The van der Waals surface area contributed by atoms with Crippen molar-refractivity contribution in [1.29, 1.82) is 0 Å². The van der Waals surface area contributed by atoms with Crippen LogP contribution in [0.3, 0.4) is 0 Å². The summed E-state index contributed by atoms with van der Waals surface area (Å²) in [7, 11) is 3.02. The van der Waals surface area contributed by atoms with Crippen molar-refractivity contribution in [2.45, 2.75) is 6.61 Å². The molecule has 20 heavy (non-hydrogen) atoms. The van der Waals surface area contributed by atoms with Gasteiger partial charge in [0.15, 0.2) is 11.5 Å². The molecule has 5 heteroatoms. The average Bonchev–Trinajstić information content (AvgIpc) is 2.52. The van der Waals surface area contributed by atoms with E-state index in [0.717, 1.165) is 12.0 Å². The Kier molecular flexibility index (Phi) is 4.55. The molecule has 0 atom stereocenters. The maximum atomic E-state index is 10.9. The summed E-state index contributed by atoms with van der Waals surface area (Å²) in [5.41, 5.74) is 1.25. The lowest BCUT2D eigenvalue weighted by atomic mass is 10.2. The minimum absolute atomic E-state index is 0.286. The summed E-state index contributed by atoms with van der Waals surface area (Å²) in [5.74, 6) is 1.34. The Morgan fingerprint density at radius 1 is 1.15 bits per heavy atom. The lowest BCUT2D eigenvalue weighted by Gasteiger charge is -2.14. The zero-order valence-electron chi connectivity index (χ0n) is 11.3. The van der Waals surface area contributed by atoms with Gasteiger partial charge in [-0.1, -0.05) is 6.07 Å². The van der Waals surface area contributed by atoms with Crippen LogP contribution in [0.1, 0.15) is 16.1 Å². The third-order valence-corrected chi connectivity index (χ3v) is 2.71. The number of rotatable bonds is 6. The van der Waals surface area contributed by atoms with Gasteiger partial charge in [-0.3, -0.25) is 9.78 Å². The highest BCUT2D eigenvalue weighted by Gasteiger charge is 2.14. The zero-order chi connectivity index (χ0) is 14.4. The Morgan fingerprint density at radius 2 is 1.85 bits per heavy atom. The second kappa shape index (κ2) is 6.56. The number of aldehydes is 1. The number of ether oxygens (including phenoxy) is 3. The highest BCUT2D eigenvalue weighted by atomic mass is 16.5. The molecule has 0 bridgehead atoms. The Bertz CT molecular complexity index is 559. The number of aromatic nitrogens is 1. The van der Waals surface area contributed by atoms with Gasteiger partial charge in [-0.15, -0.1) is 0 Å². The zero-order valence-corrected chi connectivity index (χ0v) is 11.3. The molecular weight excluding hydrogens is 258 g/mol. The molecule has 0 fully saturated rings. The van der Waals surface area contributed by atoms with Crippen molar-refractivity contribution in [3.05, 3.63) is 47.8 Å². The van der Waals surface area contributed by atoms with E-state index in [0.29, 0.717) is 22.8 Å². The SMILES string of the molecule is COc1cc(C=O)cc(OC)c1OCc1ccccn1. The minimum atomic E-state index is 0.286. The maximum absolute atomic E-state index is 10.9. The normalized spacial score (nSPS) is 9.90. The molecule has 0 saturated carbocycles. The molecule has 104 valence electrons. The summed E-state index contributed by atoms with van der Waals surface area (Å²) in [6.45, 7) is 0.286. The van der Waals surface area contributed by atoms with Crippen LogP contribution in [0.4, 0.5) is 0 Å². The fourth-order valence-electron chi connectivity index (χ4n) is 1.74. The Balaban J connectivity index is 2.27. The standard InChI is InChI=1S/C15H15NO4/c1-18-13-7-11(9-17)8-14(19-2)15(13)20-10-12-5-3-4-6-16-12/h3-9H,10H2,1-2H3. The summed E-state index contributed by atoms with van der Waals surface area (Å²) in [6, 6.07) is 8.78. The molecule has 0 aliphatic rings. The van der Waals surface area contributed by atoms with E-state index in [2.05, 4.69) is 4.98 Å². The van der Waals surface area contributed by atoms with Gasteiger partial charge >= 0.3 is 0 Å². The molecule has 1 aromatic heterocycles. The molecule has 0 aliphatic heterocycles. The fraction of sp³-hybridized carbons (Fsp3) is 0.200. The van der Waals surface area contributed by atoms with Crippen LogP contribution in [-0.2, 0) is 6.61 Å². The second-order valence-corrected chi connectivity index (χ2v) is 3.98. The molecule has 0 amide bonds. The number of hydrogen-bond donors (Lipinski definition) is 0. The quantitative estimate of drug-likeness (QED) is 0.757. The molecule has 1 heterocycles. The first-order valence-electron chi connectivity index (χ1n) is 6.02. The number of methoxy groups -OCH3 is 2. The highest BCUT2D eigenvalue weighted by Crippen LogP contribution is 2.38. The Hall–Kier alpha value is -2.56. The van der Waals surface area contributed by atoms with Crippen LogP contribution in [0.15, 0.2) is 36.5 Å². The number of nitrogens with zero attached hydrogens (tertiary/aromatic N) is 1. The van der Waals surface area contributed by atoms with E-state index in [4.69, 9.17) is 14.2 Å². The van der Waals surface area contributed by atoms with Crippen LogP contribution < -0.4 is 14.2 Å². The van der Waals surface area contributed by atoms with E-state index in [1.54, 1.807) is 18.3 Å². The van der Waals surface area contributed by atoms with Crippen LogP contribution in [0.5, 0.6) is 17.2 Å². The molecule has 0 saturated heterocycles. The van der Waals surface area contributed by atoms with Crippen molar-refractivity contribution in [2.75, 3.05) is 14.2 Å². The molecule has 0 unspecified atom stereocenters. The van der Waals surface area contributed by atoms with Gasteiger partial charge in [0.25, 0.3) is 0 Å². The summed E-state index contributed by atoms with van der Waals surface area (Å²) >= 11 is 0. The summed E-state index contributed by atoms with van der Waals surface area (Å²) in [4.78, 5) is 15.0.